The van der Waals surface area contributed by atoms with E-state index < -0.39 is 0 Å². The van der Waals surface area contributed by atoms with E-state index in [0.717, 1.165) is 56.3 Å². The van der Waals surface area contributed by atoms with Gasteiger partial charge in [0.1, 0.15) is 5.52 Å². The lowest BCUT2D eigenvalue weighted by molar-refractivity contribution is 0.265. The molecular weight excluding hydrogens is 304 g/mol. The third-order valence-corrected chi connectivity index (χ3v) is 4.21. The van der Waals surface area contributed by atoms with E-state index in [2.05, 4.69) is 30.1 Å². The minimum Gasteiger partial charge on any atom is -0.424 e. The molecule has 1 aromatic carbocycles. The van der Waals surface area contributed by atoms with Crippen LogP contribution in [-0.4, -0.2) is 59.1 Å². The third-order valence-electron chi connectivity index (χ3n) is 4.21. The Balaban J connectivity index is 1.24. The predicted molar refractivity (Wildman–Crippen MR) is 93.2 cm³/mol. The molecule has 0 radical (unpaired) electrons. The van der Waals surface area contributed by atoms with E-state index >= 15 is 0 Å². The lowest BCUT2D eigenvalue weighted by Crippen LogP contribution is -2.48. The molecule has 0 atom stereocenters. The van der Waals surface area contributed by atoms with Crippen LogP contribution < -0.4 is 10.2 Å². The van der Waals surface area contributed by atoms with Crippen LogP contribution in [0.15, 0.2) is 47.1 Å². The second-order valence-electron chi connectivity index (χ2n) is 5.79. The van der Waals surface area contributed by atoms with Crippen molar-refractivity contribution in [3.8, 4) is 0 Å². The molecule has 4 rings (SSSR count). The van der Waals surface area contributed by atoms with E-state index in [4.69, 9.17) is 4.42 Å². The van der Waals surface area contributed by atoms with Gasteiger partial charge in [-0.1, -0.05) is 12.1 Å². The Morgan fingerprint density at radius 3 is 2.58 bits per heavy atom. The Hall–Kier alpha value is -2.67. The van der Waals surface area contributed by atoms with Crippen LogP contribution in [0.25, 0.3) is 11.1 Å². The average Bonchev–Trinajstić information content (AvgIpc) is 3.06. The first kappa shape index (κ1) is 14.9. The van der Waals surface area contributed by atoms with Crippen molar-refractivity contribution in [1.29, 1.82) is 0 Å². The van der Waals surface area contributed by atoms with Crippen molar-refractivity contribution in [2.75, 3.05) is 49.5 Å². The fourth-order valence-electron chi connectivity index (χ4n) is 2.89. The summed E-state index contributed by atoms with van der Waals surface area (Å²) in [6.07, 6.45) is 3.58. The highest BCUT2D eigenvalue weighted by Crippen LogP contribution is 2.17. The zero-order chi connectivity index (χ0) is 16.2. The molecular formula is C17H20N6O. The normalized spacial score (nSPS) is 15.8. The van der Waals surface area contributed by atoms with E-state index in [1.54, 1.807) is 12.4 Å². The van der Waals surface area contributed by atoms with Crippen LogP contribution >= 0.6 is 0 Å². The molecule has 24 heavy (non-hydrogen) atoms. The predicted octanol–water partition coefficient (Wildman–Crippen LogP) is 1.85. The first-order valence-electron chi connectivity index (χ1n) is 8.22. The number of hydrogen-bond donors (Lipinski definition) is 1. The van der Waals surface area contributed by atoms with E-state index in [0.29, 0.717) is 6.01 Å². The number of aromatic nitrogens is 3. The topological polar surface area (TPSA) is 70.3 Å². The lowest BCUT2D eigenvalue weighted by atomic mass is 10.3. The summed E-state index contributed by atoms with van der Waals surface area (Å²) in [6.45, 7) is 5.69. The maximum Gasteiger partial charge on any atom is 0.295 e. The molecule has 1 fully saturated rings. The minimum absolute atomic E-state index is 0.590. The molecule has 3 aromatic rings. The van der Waals surface area contributed by atoms with Crippen LogP contribution in [0.1, 0.15) is 0 Å². The third kappa shape index (κ3) is 3.30. The molecule has 1 saturated heterocycles. The SMILES string of the molecule is c1cnc(N2CCN(CCNc3nc4ccccc4o3)CC2)nc1. The monoisotopic (exact) mass is 324 g/mol. The number of anilines is 2. The van der Waals surface area contributed by atoms with Crippen LogP contribution in [0.5, 0.6) is 0 Å². The Morgan fingerprint density at radius 2 is 1.79 bits per heavy atom. The molecule has 1 aliphatic rings. The number of hydrogen-bond acceptors (Lipinski definition) is 7. The molecule has 0 unspecified atom stereocenters. The lowest BCUT2D eigenvalue weighted by Gasteiger charge is -2.34. The molecule has 0 saturated carbocycles. The van der Waals surface area contributed by atoms with Crippen LogP contribution in [0.3, 0.4) is 0 Å². The summed E-state index contributed by atoms with van der Waals surface area (Å²) in [4.78, 5) is 17.7. The van der Waals surface area contributed by atoms with Gasteiger partial charge in [-0.15, -0.1) is 0 Å². The highest BCUT2D eigenvalue weighted by atomic mass is 16.4. The molecule has 3 heterocycles. The minimum atomic E-state index is 0.590. The fourth-order valence-corrected chi connectivity index (χ4v) is 2.89. The van der Waals surface area contributed by atoms with Gasteiger partial charge in [0.2, 0.25) is 5.95 Å². The Bertz CT molecular complexity index is 749. The van der Waals surface area contributed by atoms with E-state index in [1.165, 1.54) is 0 Å². The second-order valence-corrected chi connectivity index (χ2v) is 5.79. The zero-order valence-corrected chi connectivity index (χ0v) is 13.4. The molecule has 1 aliphatic heterocycles. The van der Waals surface area contributed by atoms with Gasteiger partial charge in [-0.3, -0.25) is 4.90 Å². The highest BCUT2D eigenvalue weighted by molar-refractivity contribution is 5.74. The van der Waals surface area contributed by atoms with Gasteiger partial charge in [0, 0.05) is 51.7 Å². The van der Waals surface area contributed by atoms with Gasteiger partial charge < -0.3 is 14.6 Å². The summed E-state index contributed by atoms with van der Waals surface area (Å²) in [5.41, 5.74) is 1.70. The maximum absolute atomic E-state index is 5.67. The largest absolute Gasteiger partial charge is 0.424 e. The molecule has 124 valence electrons. The number of nitrogens with zero attached hydrogens (tertiary/aromatic N) is 5. The number of fused-ring (bicyclic) bond motifs is 1. The smallest absolute Gasteiger partial charge is 0.295 e. The van der Waals surface area contributed by atoms with Gasteiger partial charge in [0.25, 0.3) is 6.01 Å². The Morgan fingerprint density at radius 1 is 1.00 bits per heavy atom. The molecule has 7 heteroatoms. The average molecular weight is 324 g/mol. The van der Waals surface area contributed by atoms with Crippen molar-refractivity contribution in [1.82, 2.24) is 19.9 Å². The van der Waals surface area contributed by atoms with Gasteiger partial charge in [-0.25, -0.2) is 9.97 Å². The summed E-state index contributed by atoms with van der Waals surface area (Å²) in [7, 11) is 0. The molecule has 0 amide bonds. The van der Waals surface area contributed by atoms with Crippen LogP contribution in [0.2, 0.25) is 0 Å². The quantitative estimate of drug-likeness (QED) is 0.768. The van der Waals surface area contributed by atoms with Crippen molar-refractivity contribution >= 4 is 23.1 Å². The van der Waals surface area contributed by atoms with Crippen molar-refractivity contribution in [3.05, 3.63) is 42.7 Å². The maximum atomic E-state index is 5.67. The van der Waals surface area contributed by atoms with E-state index in [9.17, 15) is 0 Å². The number of piperazine rings is 1. The molecule has 0 spiro atoms. The summed E-state index contributed by atoms with van der Waals surface area (Å²) in [5.74, 6) is 0.821. The molecule has 1 N–H and O–H groups in total. The highest BCUT2D eigenvalue weighted by Gasteiger charge is 2.18. The van der Waals surface area contributed by atoms with E-state index in [-0.39, 0.29) is 0 Å². The van der Waals surface area contributed by atoms with Crippen molar-refractivity contribution < 1.29 is 4.42 Å². The summed E-state index contributed by atoms with van der Waals surface area (Å²) in [6, 6.07) is 10.2. The number of benzene rings is 1. The number of rotatable bonds is 5. The van der Waals surface area contributed by atoms with Gasteiger partial charge >= 0.3 is 0 Å². The first-order valence-corrected chi connectivity index (χ1v) is 8.22. The van der Waals surface area contributed by atoms with Gasteiger partial charge in [0.15, 0.2) is 5.58 Å². The van der Waals surface area contributed by atoms with Crippen LogP contribution in [0.4, 0.5) is 12.0 Å². The van der Waals surface area contributed by atoms with Crippen molar-refractivity contribution in [3.63, 3.8) is 0 Å². The molecule has 7 nitrogen and oxygen atoms in total. The molecule has 0 bridgehead atoms. The molecule has 2 aromatic heterocycles. The number of nitrogens with one attached hydrogen (secondary N) is 1. The van der Waals surface area contributed by atoms with E-state index in [1.807, 2.05) is 30.3 Å². The standard InChI is InChI=1S/C17H20N6O/c1-2-5-15-14(4-1)21-17(24-15)20-8-9-22-10-12-23(13-11-22)16-18-6-3-7-19-16/h1-7H,8-13H2,(H,20,21). The number of para-hydroxylation sites is 2. The summed E-state index contributed by atoms with van der Waals surface area (Å²) in [5, 5.41) is 3.27. The van der Waals surface area contributed by atoms with Crippen molar-refractivity contribution in [2.45, 2.75) is 0 Å². The second kappa shape index (κ2) is 6.84. The fraction of sp³-hybridized carbons (Fsp3) is 0.353. The molecule has 0 aliphatic carbocycles. The Kier molecular flexibility index (Phi) is 4.24. The van der Waals surface area contributed by atoms with Crippen molar-refractivity contribution in [2.24, 2.45) is 0 Å². The zero-order valence-electron chi connectivity index (χ0n) is 13.4. The van der Waals surface area contributed by atoms with Gasteiger partial charge in [0.05, 0.1) is 0 Å². The number of oxazole rings is 1. The first-order chi connectivity index (χ1) is 11.9. The van der Waals surface area contributed by atoms with Gasteiger partial charge in [-0.05, 0) is 18.2 Å². The van der Waals surface area contributed by atoms with Gasteiger partial charge in [-0.2, -0.15) is 4.98 Å². The summed E-state index contributed by atoms with van der Waals surface area (Å²) >= 11 is 0. The Labute approximate surface area is 140 Å². The summed E-state index contributed by atoms with van der Waals surface area (Å²) < 4.78 is 5.67. The van der Waals surface area contributed by atoms with Crippen LogP contribution in [-0.2, 0) is 0 Å². The van der Waals surface area contributed by atoms with Crippen LogP contribution in [0, 0.1) is 0 Å².